The molecule has 0 radical (unpaired) electrons. The van der Waals surface area contributed by atoms with Gasteiger partial charge >= 0.3 is 0 Å². The van der Waals surface area contributed by atoms with Crippen LogP contribution in [0.3, 0.4) is 0 Å². The van der Waals surface area contributed by atoms with E-state index in [2.05, 4.69) is 31.0 Å². The van der Waals surface area contributed by atoms with Crippen LogP contribution in [0.2, 0.25) is 0 Å². The highest BCUT2D eigenvalue weighted by atomic mass is 16.5. The number of rotatable bonds is 7. The van der Waals surface area contributed by atoms with E-state index in [0.29, 0.717) is 12.1 Å². The Balaban J connectivity index is 2.09. The minimum Gasteiger partial charge on any atom is -0.379 e. The summed E-state index contributed by atoms with van der Waals surface area (Å²) in [7, 11) is 0. The van der Waals surface area contributed by atoms with Crippen LogP contribution in [0.15, 0.2) is 0 Å². The molecule has 1 saturated carbocycles. The van der Waals surface area contributed by atoms with Crippen molar-refractivity contribution in [2.24, 2.45) is 0 Å². The molecule has 1 unspecified atom stereocenters. The molecule has 0 aromatic heterocycles. The first kappa shape index (κ1) is 16.2. The molecule has 1 atom stereocenters. The number of hydrogen-bond acceptors (Lipinski definition) is 4. The summed E-state index contributed by atoms with van der Waals surface area (Å²) < 4.78 is 11.5. The van der Waals surface area contributed by atoms with E-state index in [1.807, 2.05) is 0 Å². The monoisotopic (exact) mass is 284 g/mol. The Labute approximate surface area is 124 Å². The second-order valence-corrected chi connectivity index (χ2v) is 6.40. The molecule has 118 valence electrons. The molecule has 1 aliphatic carbocycles. The van der Waals surface area contributed by atoms with Crippen molar-refractivity contribution in [2.45, 2.75) is 64.1 Å². The van der Waals surface area contributed by atoms with Crippen molar-refractivity contribution in [3.05, 3.63) is 0 Å². The van der Waals surface area contributed by atoms with Gasteiger partial charge in [-0.1, -0.05) is 19.8 Å². The molecule has 1 aliphatic heterocycles. The number of hydrogen-bond donors (Lipinski definition) is 1. The zero-order valence-corrected chi connectivity index (χ0v) is 13.5. The summed E-state index contributed by atoms with van der Waals surface area (Å²) in [6.07, 6.45) is 5.60. The minimum atomic E-state index is 0.286. The summed E-state index contributed by atoms with van der Waals surface area (Å²) in [6, 6.07) is 0.440. The van der Waals surface area contributed by atoms with Crippen molar-refractivity contribution in [3.8, 4) is 0 Å². The fourth-order valence-electron chi connectivity index (χ4n) is 3.82. The molecule has 4 heteroatoms. The van der Waals surface area contributed by atoms with Crippen LogP contribution in [0, 0.1) is 0 Å². The Kier molecular flexibility index (Phi) is 6.27. The SMILES string of the molecule is CCNC(COC(C)C)C1(N2CCOCC2)CCCC1. The van der Waals surface area contributed by atoms with E-state index in [9.17, 15) is 0 Å². The molecule has 0 amide bonds. The zero-order valence-electron chi connectivity index (χ0n) is 13.5. The quantitative estimate of drug-likeness (QED) is 0.776. The molecule has 0 aromatic rings. The first-order chi connectivity index (χ1) is 9.69. The lowest BCUT2D eigenvalue weighted by atomic mass is 9.85. The van der Waals surface area contributed by atoms with Crippen molar-refractivity contribution in [3.63, 3.8) is 0 Å². The lowest BCUT2D eigenvalue weighted by Crippen LogP contribution is -2.64. The van der Waals surface area contributed by atoms with Gasteiger partial charge in [-0.25, -0.2) is 0 Å². The van der Waals surface area contributed by atoms with Crippen molar-refractivity contribution < 1.29 is 9.47 Å². The van der Waals surface area contributed by atoms with Gasteiger partial charge in [-0.15, -0.1) is 0 Å². The Morgan fingerprint density at radius 2 is 1.85 bits per heavy atom. The second-order valence-electron chi connectivity index (χ2n) is 6.40. The molecule has 0 aromatic carbocycles. The molecule has 1 N–H and O–H groups in total. The van der Waals surface area contributed by atoms with Crippen LogP contribution >= 0.6 is 0 Å². The van der Waals surface area contributed by atoms with Crippen molar-refractivity contribution in [2.75, 3.05) is 39.5 Å². The van der Waals surface area contributed by atoms with Crippen LogP contribution in [0.5, 0.6) is 0 Å². The molecule has 1 heterocycles. The Morgan fingerprint density at radius 3 is 2.40 bits per heavy atom. The molecule has 0 bridgehead atoms. The standard InChI is InChI=1S/C16H32N2O2/c1-4-17-15(13-20-14(2)3)16(7-5-6-8-16)18-9-11-19-12-10-18/h14-15,17H,4-13H2,1-3H3. The van der Waals surface area contributed by atoms with Crippen LogP contribution in [-0.4, -0.2) is 62.0 Å². The molecule has 2 aliphatic rings. The summed E-state index contributed by atoms with van der Waals surface area (Å²) >= 11 is 0. The number of nitrogens with one attached hydrogen (secondary N) is 1. The van der Waals surface area contributed by atoms with Gasteiger partial charge in [-0.05, 0) is 33.2 Å². The third kappa shape index (κ3) is 3.73. The van der Waals surface area contributed by atoms with Crippen molar-refractivity contribution in [1.29, 1.82) is 0 Å². The fraction of sp³-hybridized carbons (Fsp3) is 1.00. The van der Waals surface area contributed by atoms with Gasteiger partial charge in [0.2, 0.25) is 0 Å². The van der Waals surface area contributed by atoms with E-state index in [1.165, 1.54) is 25.7 Å². The highest BCUT2D eigenvalue weighted by molar-refractivity contribution is 5.04. The normalized spacial score (nSPS) is 25.2. The summed E-state index contributed by atoms with van der Waals surface area (Å²) in [6.45, 7) is 12.2. The average Bonchev–Trinajstić information content (AvgIpc) is 2.95. The van der Waals surface area contributed by atoms with Crippen molar-refractivity contribution >= 4 is 0 Å². The van der Waals surface area contributed by atoms with Crippen LogP contribution < -0.4 is 5.32 Å². The zero-order chi connectivity index (χ0) is 14.4. The summed E-state index contributed by atoms with van der Waals surface area (Å²) in [5.74, 6) is 0. The van der Waals surface area contributed by atoms with Gasteiger partial charge in [-0.3, -0.25) is 4.90 Å². The molecule has 1 saturated heterocycles. The van der Waals surface area contributed by atoms with Gasteiger partial charge in [-0.2, -0.15) is 0 Å². The van der Waals surface area contributed by atoms with E-state index in [1.54, 1.807) is 0 Å². The first-order valence-corrected chi connectivity index (χ1v) is 8.37. The van der Waals surface area contributed by atoms with Crippen LogP contribution in [0.4, 0.5) is 0 Å². The maximum absolute atomic E-state index is 5.96. The van der Waals surface area contributed by atoms with Crippen molar-refractivity contribution in [1.82, 2.24) is 10.2 Å². The van der Waals surface area contributed by atoms with Crippen LogP contribution in [0.1, 0.15) is 46.5 Å². The largest absolute Gasteiger partial charge is 0.379 e. The van der Waals surface area contributed by atoms with Crippen LogP contribution in [0.25, 0.3) is 0 Å². The van der Waals surface area contributed by atoms with Crippen LogP contribution in [-0.2, 0) is 9.47 Å². The molecular formula is C16H32N2O2. The lowest BCUT2D eigenvalue weighted by molar-refractivity contribution is -0.0554. The summed E-state index contributed by atoms with van der Waals surface area (Å²) in [5.41, 5.74) is 0.286. The summed E-state index contributed by atoms with van der Waals surface area (Å²) in [5, 5.41) is 3.71. The lowest BCUT2D eigenvalue weighted by Gasteiger charge is -2.48. The van der Waals surface area contributed by atoms with Gasteiger partial charge in [0.05, 0.1) is 25.9 Å². The third-order valence-corrected chi connectivity index (χ3v) is 4.81. The van der Waals surface area contributed by atoms with Gasteiger partial charge in [0, 0.05) is 24.7 Å². The van der Waals surface area contributed by atoms with E-state index < -0.39 is 0 Å². The van der Waals surface area contributed by atoms with E-state index in [0.717, 1.165) is 39.5 Å². The molecule has 4 nitrogen and oxygen atoms in total. The highest BCUT2D eigenvalue weighted by Gasteiger charge is 2.46. The Hall–Kier alpha value is -0.160. The highest BCUT2D eigenvalue weighted by Crippen LogP contribution is 2.39. The molecule has 2 rings (SSSR count). The Morgan fingerprint density at radius 1 is 1.20 bits per heavy atom. The average molecular weight is 284 g/mol. The first-order valence-electron chi connectivity index (χ1n) is 8.37. The number of morpholine rings is 1. The van der Waals surface area contributed by atoms with Gasteiger partial charge in [0.25, 0.3) is 0 Å². The maximum Gasteiger partial charge on any atom is 0.0641 e. The topological polar surface area (TPSA) is 33.7 Å². The molecule has 20 heavy (non-hydrogen) atoms. The predicted octanol–water partition coefficient (Wildman–Crippen LogP) is 2.03. The van der Waals surface area contributed by atoms with Gasteiger partial charge in [0.15, 0.2) is 0 Å². The summed E-state index contributed by atoms with van der Waals surface area (Å²) in [4.78, 5) is 2.68. The van der Waals surface area contributed by atoms with Gasteiger partial charge < -0.3 is 14.8 Å². The third-order valence-electron chi connectivity index (χ3n) is 4.81. The number of nitrogens with zero attached hydrogens (tertiary/aromatic N) is 1. The number of likely N-dealkylation sites (N-methyl/N-ethyl adjacent to an activating group) is 1. The molecular weight excluding hydrogens is 252 g/mol. The molecule has 0 spiro atoms. The fourth-order valence-corrected chi connectivity index (χ4v) is 3.82. The van der Waals surface area contributed by atoms with E-state index >= 15 is 0 Å². The number of ether oxygens (including phenoxy) is 2. The second kappa shape index (κ2) is 7.74. The minimum absolute atomic E-state index is 0.286. The van der Waals surface area contributed by atoms with E-state index in [4.69, 9.17) is 9.47 Å². The van der Waals surface area contributed by atoms with Gasteiger partial charge in [0.1, 0.15) is 0 Å². The predicted molar refractivity (Wildman–Crippen MR) is 82.1 cm³/mol. The maximum atomic E-state index is 5.96. The Bertz CT molecular complexity index is 272. The smallest absolute Gasteiger partial charge is 0.0641 e. The molecule has 2 fully saturated rings. The van der Waals surface area contributed by atoms with E-state index in [-0.39, 0.29) is 5.54 Å².